The van der Waals surface area contributed by atoms with Crippen LogP contribution in [0.2, 0.25) is 0 Å². The van der Waals surface area contributed by atoms with Crippen molar-refractivity contribution >= 4 is 11.8 Å². The smallest absolute Gasteiger partial charge is 0.307 e. The summed E-state index contributed by atoms with van der Waals surface area (Å²) in [6.45, 7) is 2.09. The standard InChI is InChI=1S/C16H21NO3/c1-3-20-15(18)10-14(17-2)16(19)13-8-7-11-5-4-6-12(11)9-13/h7-9,14,17H,3-6,10H2,1-2H3. The van der Waals surface area contributed by atoms with E-state index in [1.54, 1.807) is 14.0 Å². The van der Waals surface area contributed by atoms with Crippen LogP contribution >= 0.6 is 0 Å². The number of rotatable bonds is 6. The van der Waals surface area contributed by atoms with Crippen molar-refractivity contribution in [1.82, 2.24) is 5.32 Å². The Morgan fingerprint density at radius 3 is 2.75 bits per heavy atom. The molecule has 1 aromatic rings. The van der Waals surface area contributed by atoms with Crippen molar-refractivity contribution in [2.45, 2.75) is 38.6 Å². The van der Waals surface area contributed by atoms with Gasteiger partial charge in [0.2, 0.25) is 0 Å². The molecule has 0 heterocycles. The summed E-state index contributed by atoms with van der Waals surface area (Å²) >= 11 is 0. The minimum absolute atomic E-state index is 0.0461. The van der Waals surface area contributed by atoms with Crippen LogP contribution < -0.4 is 5.32 Å². The van der Waals surface area contributed by atoms with Gasteiger partial charge in [0, 0.05) is 5.56 Å². The van der Waals surface area contributed by atoms with Gasteiger partial charge in [0.05, 0.1) is 19.1 Å². The molecule has 0 aromatic heterocycles. The maximum atomic E-state index is 12.4. The van der Waals surface area contributed by atoms with Crippen LogP contribution in [0, 0.1) is 0 Å². The summed E-state index contributed by atoms with van der Waals surface area (Å²) in [4.78, 5) is 24.0. The van der Waals surface area contributed by atoms with Crippen LogP contribution in [0.5, 0.6) is 0 Å². The van der Waals surface area contributed by atoms with Gasteiger partial charge in [-0.05, 0) is 50.4 Å². The zero-order chi connectivity index (χ0) is 14.5. The summed E-state index contributed by atoms with van der Waals surface area (Å²) in [6, 6.07) is 5.35. The second kappa shape index (κ2) is 6.66. The lowest BCUT2D eigenvalue weighted by atomic mass is 9.98. The Morgan fingerprint density at radius 2 is 2.05 bits per heavy atom. The van der Waals surface area contributed by atoms with E-state index >= 15 is 0 Å². The molecule has 0 spiro atoms. The molecule has 1 atom stereocenters. The summed E-state index contributed by atoms with van der Waals surface area (Å²) in [6.07, 6.45) is 3.37. The molecule has 108 valence electrons. The lowest BCUT2D eigenvalue weighted by Crippen LogP contribution is -2.36. The van der Waals surface area contributed by atoms with Crippen LogP contribution in [0.4, 0.5) is 0 Å². The second-order valence-electron chi connectivity index (χ2n) is 5.05. The summed E-state index contributed by atoms with van der Waals surface area (Å²) in [5.74, 6) is -0.392. The van der Waals surface area contributed by atoms with E-state index in [0.717, 1.165) is 19.3 Å². The highest BCUT2D eigenvalue weighted by atomic mass is 16.5. The molecule has 0 fully saturated rings. The first-order valence-corrected chi connectivity index (χ1v) is 7.14. The molecule has 0 amide bonds. The molecule has 4 heteroatoms. The summed E-state index contributed by atoms with van der Waals surface area (Å²) in [5.41, 5.74) is 3.28. The molecule has 20 heavy (non-hydrogen) atoms. The number of Topliss-reactive ketones (excluding diaryl/α,β-unsaturated/α-hetero) is 1. The average molecular weight is 275 g/mol. The molecule has 0 bridgehead atoms. The van der Waals surface area contributed by atoms with E-state index in [9.17, 15) is 9.59 Å². The Bertz CT molecular complexity index is 510. The molecular formula is C16H21NO3. The number of hydrogen-bond donors (Lipinski definition) is 1. The Morgan fingerprint density at radius 1 is 1.30 bits per heavy atom. The first-order valence-electron chi connectivity index (χ1n) is 7.14. The lowest BCUT2D eigenvalue weighted by molar-refractivity contribution is -0.143. The number of carbonyl (C=O) groups is 2. The minimum atomic E-state index is -0.520. The van der Waals surface area contributed by atoms with E-state index in [1.807, 2.05) is 18.2 Å². The number of fused-ring (bicyclic) bond motifs is 1. The molecule has 0 saturated heterocycles. The summed E-state index contributed by atoms with van der Waals surface area (Å²) in [5, 5.41) is 2.91. The molecule has 2 rings (SSSR count). The number of aryl methyl sites for hydroxylation is 2. The molecule has 0 radical (unpaired) electrons. The molecular weight excluding hydrogens is 254 g/mol. The molecule has 1 unspecified atom stereocenters. The van der Waals surface area contributed by atoms with Gasteiger partial charge < -0.3 is 10.1 Å². The van der Waals surface area contributed by atoms with E-state index < -0.39 is 6.04 Å². The highest BCUT2D eigenvalue weighted by molar-refractivity contribution is 6.02. The van der Waals surface area contributed by atoms with Gasteiger partial charge in [0.15, 0.2) is 5.78 Å². The predicted molar refractivity (Wildman–Crippen MR) is 76.9 cm³/mol. The van der Waals surface area contributed by atoms with E-state index in [0.29, 0.717) is 12.2 Å². The fourth-order valence-electron chi connectivity index (χ4n) is 2.64. The summed E-state index contributed by atoms with van der Waals surface area (Å²) in [7, 11) is 1.69. The van der Waals surface area contributed by atoms with Gasteiger partial charge in [-0.25, -0.2) is 0 Å². The van der Waals surface area contributed by atoms with Crippen LogP contribution in [0.15, 0.2) is 18.2 Å². The van der Waals surface area contributed by atoms with Crippen molar-refractivity contribution in [2.75, 3.05) is 13.7 Å². The lowest BCUT2D eigenvalue weighted by Gasteiger charge is -2.15. The number of ketones is 1. The number of esters is 1. The number of likely N-dealkylation sites (N-methyl/N-ethyl adjacent to an activating group) is 1. The minimum Gasteiger partial charge on any atom is -0.466 e. The molecule has 0 aliphatic heterocycles. The first-order chi connectivity index (χ1) is 9.65. The maximum Gasteiger partial charge on any atom is 0.307 e. The summed E-state index contributed by atoms with van der Waals surface area (Å²) < 4.78 is 4.90. The van der Waals surface area contributed by atoms with Gasteiger partial charge in [0.1, 0.15) is 0 Å². The monoisotopic (exact) mass is 275 g/mol. The molecule has 4 nitrogen and oxygen atoms in total. The Kier molecular flexibility index (Phi) is 4.90. The fraction of sp³-hybridized carbons (Fsp3) is 0.500. The third kappa shape index (κ3) is 3.25. The van der Waals surface area contributed by atoms with Crippen molar-refractivity contribution in [2.24, 2.45) is 0 Å². The van der Waals surface area contributed by atoms with Crippen LogP contribution in [0.25, 0.3) is 0 Å². The number of hydrogen-bond acceptors (Lipinski definition) is 4. The topological polar surface area (TPSA) is 55.4 Å². The maximum absolute atomic E-state index is 12.4. The van der Waals surface area contributed by atoms with Crippen LogP contribution in [0.3, 0.4) is 0 Å². The van der Waals surface area contributed by atoms with E-state index in [4.69, 9.17) is 4.74 Å². The van der Waals surface area contributed by atoms with Gasteiger partial charge in [0.25, 0.3) is 0 Å². The Hall–Kier alpha value is -1.68. The van der Waals surface area contributed by atoms with Crippen molar-refractivity contribution < 1.29 is 14.3 Å². The average Bonchev–Trinajstić information content (AvgIpc) is 2.91. The second-order valence-corrected chi connectivity index (χ2v) is 5.05. The third-order valence-electron chi connectivity index (χ3n) is 3.72. The van der Waals surface area contributed by atoms with Crippen LogP contribution in [-0.2, 0) is 22.4 Å². The van der Waals surface area contributed by atoms with Crippen molar-refractivity contribution in [3.63, 3.8) is 0 Å². The first kappa shape index (κ1) is 14.7. The highest BCUT2D eigenvalue weighted by Crippen LogP contribution is 2.23. The largest absolute Gasteiger partial charge is 0.466 e. The predicted octanol–water partition coefficient (Wildman–Crippen LogP) is 1.90. The van der Waals surface area contributed by atoms with Crippen molar-refractivity contribution in [3.05, 3.63) is 34.9 Å². The molecule has 1 N–H and O–H groups in total. The highest BCUT2D eigenvalue weighted by Gasteiger charge is 2.23. The van der Waals surface area contributed by atoms with Gasteiger partial charge >= 0.3 is 5.97 Å². The molecule has 1 aliphatic carbocycles. The fourth-order valence-corrected chi connectivity index (χ4v) is 2.64. The number of benzene rings is 1. The normalized spacial score (nSPS) is 14.7. The van der Waals surface area contributed by atoms with Crippen molar-refractivity contribution in [3.8, 4) is 0 Å². The van der Waals surface area contributed by atoms with Gasteiger partial charge in [-0.1, -0.05) is 12.1 Å². The Balaban J connectivity index is 2.10. The molecule has 1 aromatic carbocycles. The zero-order valence-corrected chi connectivity index (χ0v) is 12.1. The van der Waals surface area contributed by atoms with E-state index in [-0.39, 0.29) is 18.2 Å². The number of nitrogens with one attached hydrogen (secondary N) is 1. The van der Waals surface area contributed by atoms with E-state index in [2.05, 4.69) is 5.32 Å². The van der Waals surface area contributed by atoms with Crippen LogP contribution in [0.1, 0.15) is 41.3 Å². The Labute approximate surface area is 119 Å². The van der Waals surface area contributed by atoms with Crippen molar-refractivity contribution in [1.29, 1.82) is 0 Å². The van der Waals surface area contributed by atoms with Gasteiger partial charge in [-0.3, -0.25) is 9.59 Å². The molecule has 0 saturated carbocycles. The zero-order valence-electron chi connectivity index (χ0n) is 12.1. The van der Waals surface area contributed by atoms with Gasteiger partial charge in [-0.15, -0.1) is 0 Å². The quantitative estimate of drug-likeness (QED) is 0.636. The van der Waals surface area contributed by atoms with E-state index in [1.165, 1.54) is 11.1 Å². The van der Waals surface area contributed by atoms with Crippen LogP contribution in [-0.4, -0.2) is 31.4 Å². The number of carbonyl (C=O) groups excluding carboxylic acids is 2. The SMILES string of the molecule is CCOC(=O)CC(NC)C(=O)c1ccc2c(c1)CCC2. The number of ether oxygens (including phenoxy) is 1. The third-order valence-corrected chi connectivity index (χ3v) is 3.72. The van der Waals surface area contributed by atoms with Gasteiger partial charge in [-0.2, -0.15) is 0 Å². The molecule has 1 aliphatic rings.